The number of primary amides is 1. The third-order valence-electron chi connectivity index (χ3n) is 3.93. The van der Waals surface area contributed by atoms with Gasteiger partial charge in [0.1, 0.15) is 10.9 Å². The van der Waals surface area contributed by atoms with Crippen molar-refractivity contribution >= 4 is 23.2 Å². The van der Waals surface area contributed by atoms with Gasteiger partial charge in [-0.15, -0.1) is 11.3 Å². The van der Waals surface area contributed by atoms with E-state index in [4.69, 9.17) is 5.73 Å². The van der Waals surface area contributed by atoms with E-state index in [-0.39, 0.29) is 11.8 Å². The van der Waals surface area contributed by atoms with Crippen molar-refractivity contribution in [3.63, 3.8) is 0 Å². The lowest BCUT2D eigenvalue weighted by molar-refractivity contribution is -0.120. The lowest BCUT2D eigenvalue weighted by atomic mass is 9.93. The monoisotopic (exact) mass is 345 g/mol. The number of nitrogens with one attached hydrogen (secondary N) is 1. The fraction of sp³-hybridized carbons (Fsp3) is 0.389. The molecule has 0 aliphatic carbocycles. The minimum atomic E-state index is -0.768. The van der Waals surface area contributed by atoms with Gasteiger partial charge < -0.3 is 11.1 Å². The number of aromatic nitrogens is 1. The van der Waals surface area contributed by atoms with Crippen molar-refractivity contribution in [1.29, 1.82) is 0 Å². The summed E-state index contributed by atoms with van der Waals surface area (Å²) < 4.78 is 0. The molecule has 24 heavy (non-hydrogen) atoms. The molecule has 0 unspecified atom stereocenters. The zero-order chi connectivity index (χ0) is 17.7. The Hall–Kier alpha value is -2.21. The highest BCUT2D eigenvalue weighted by atomic mass is 32.1. The lowest BCUT2D eigenvalue weighted by Crippen LogP contribution is -2.47. The highest BCUT2D eigenvalue weighted by molar-refractivity contribution is 7.13. The molecule has 0 fully saturated rings. The van der Waals surface area contributed by atoms with Crippen molar-refractivity contribution in [1.82, 2.24) is 10.3 Å². The van der Waals surface area contributed by atoms with Gasteiger partial charge in [-0.1, -0.05) is 44.2 Å². The molecule has 0 saturated heterocycles. The van der Waals surface area contributed by atoms with Gasteiger partial charge in [0.25, 0.3) is 5.91 Å². The first-order valence-corrected chi connectivity index (χ1v) is 8.87. The number of carbonyl (C=O) groups excluding carboxylic acids is 2. The summed E-state index contributed by atoms with van der Waals surface area (Å²) in [5, 5.41) is 3.72. The number of nitrogens with zero attached hydrogens (tertiary/aromatic N) is 1. The largest absolute Gasteiger partial charge is 0.368 e. The third-order valence-corrected chi connectivity index (χ3v) is 5.15. The van der Waals surface area contributed by atoms with Gasteiger partial charge >= 0.3 is 0 Å². The highest BCUT2D eigenvalue weighted by Crippen LogP contribution is 2.22. The van der Waals surface area contributed by atoms with E-state index in [0.717, 1.165) is 23.4 Å². The second kappa shape index (κ2) is 8.06. The quantitative estimate of drug-likeness (QED) is 0.809. The number of rotatable bonds is 7. The van der Waals surface area contributed by atoms with Crippen molar-refractivity contribution in [3.05, 3.63) is 51.5 Å². The Bertz CT molecular complexity index is 712. The lowest BCUT2D eigenvalue weighted by Gasteiger charge is -2.22. The number of amides is 2. The maximum Gasteiger partial charge on any atom is 0.263 e. The molecule has 5 nitrogen and oxygen atoms in total. The van der Waals surface area contributed by atoms with E-state index in [2.05, 4.69) is 17.2 Å². The summed E-state index contributed by atoms with van der Waals surface area (Å²) in [4.78, 5) is 29.4. The fourth-order valence-corrected chi connectivity index (χ4v) is 3.65. The summed E-state index contributed by atoms with van der Waals surface area (Å²) in [7, 11) is 0. The summed E-state index contributed by atoms with van der Waals surface area (Å²) in [6.07, 6.45) is 1.82. The number of nitrogens with two attached hydrogens (primary N) is 1. The molecule has 2 amide bonds. The van der Waals surface area contributed by atoms with Crippen molar-refractivity contribution in [3.8, 4) is 0 Å². The third kappa shape index (κ3) is 4.20. The minimum Gasteiger partial charge on any atom is -0.368 e. The number of hydrogen-bond donors (Lipinski definition) is 2. The number of thiazole rings is 1. The number of hydrogen-bond acceptors (Lipinski definition) is 4. The molecule has 6 heteroatoms. The molecule has 0 aliphatic heterocycles. The van der Waals surface area contributed by atoms with Gasteiger partial charge in [0.05, 0.1) is 10.7 Å². The molecule has 2 atom stereocenters. The van der Waals surface area contributed by atoms with Gasteiger partial charge in [-0.05, 0) is 25.3 Å². The predicted octanol–water partition coefficient (Wildman–Crippen LogP) is 2.79. The Balaban J connectivity index is 2.18. The molecular formula is C18H23N3O2S. The van der Waals surface area contributed by atoms with Crippen LogP contribution < -0.4 is 11.1 Å². The van der Waals surface area contributed by atoms with Crippen molar-refractivity contribution < 1.29 is 9.59 Å². The molecule has 0 bridgehead atoms. The molecule has 128 valence electrons. The second-order valence-corrected chi connectivity index (χ2v) is 6.91. The molecule has 1 heterocycles. The van der Waals surface area contributed by atoms with Crippen LogP contribution in [-0.4, -0.2) is 22.8 Å². The molecule has 0 aliphatic rings. The van der Waals surface area contributed by atoms with Crippen LogP contribution in [0.1, 0.15) is 52.1 Å². The smallest absolute Gasteiger partial charge is 0.263 e. The summed E-state index contributed by atoms with van der Waals surface area (Å²) in [5.74, 6) is -1.05. The van der Waals surface area contributed by atoms with Crippen molar-refractivity contribution in [2.45, 2.75) is 45.6 Å². The van der Waals surface area contributed by atoms with Gasteiger partial charge in [-0.25, -0.2) is 4.98 Å². The number of benzene rings is 1. The van der Waals surface area contributed by atoms with E-state index in [9.17, 15) is 9.59 Å². The van der Waals surface area contributed by atoms with Crippen LogP contribution in [0, 0.1) is 6.92 Å². The Morgan fingerprint density at radius 2 is 1.96 bits per heavy atom. The molecule has 3 N–H and O–H groups in total. The van der Waals surface area contributed by atoms with Crippen LogP contribution in [0.2, 0.25) is 0 Å². The maximum atomic E-state index is 12.6. The summed E-state index contributed by atoms with van der Waals surface area (Å²) >= 11 is 1.38. The zero-order valence-corrected chi connectivity index (χ0v) is 15.0. The number of aryl methyl sites for hydroxylation is 2. The van der Waals surface area contributed by atoms with Gasteiger partial charge in [0, 0.05) is 5.92 Å². The summed E-state index contributed by atoms with van der Waals surface area (Å²) in [5.41, 5.74) is 7.17. The Labute approximate surface area is 146 Å². The normalized spacial score (nSPS) is 13.3. The van der Waals surface area contributed by atoms with E-state index >= 15 is 0 Å². The maximum absolute atomic E-state index is 12.6. The highest BCUT2D eigenvalue weighted by Gasteiger charge is 2.27. The van der Waals surface area contributed by atoms with Gasteiger partial charge in [-0.3, -0.25) is 9.59 Å². The van der Waals surface area contributed by atoms with Gasteiger partial charge in [0.2, 0.25) is 5.91 Å². The fourth-order valence-electron chi connectivity index (χ4n) is 2.58. The predicted molar refractivity (Wildman–Crippen MR) is 96.2 cm³/mol. The van der Waals surface area contributed by atoms with E-state index in [1.165, 1.54) is 11.3 Å². The second-order valence-electron chi connectivity index (χ2n) is 5.82. The van der Waals surface area contributed by atoms with Crippen LogP contribution in [0.5, 0.6) is 0 Å². The van der Waals surface area contributed by atoms with Crippen LogP contribution in [0.25, 0.3) is 0 Å². The molecule has 2 rings (SSSR count). The minimum absolute atomic E-state index is 0.212. The first-order valence-electron chi connectivity index (χ1n) is 8.05. The summed E-state index contributed by atoms with van der Waals surface area (Å²) in [6.45, 7) is 5.76. The Kier molecular flexibility index (Phi) is 6.09. The molecule has 0 spiro atoms. The van der Waals surface area contributed by atoms with Gasteiger partial charge in [0.15, 0.2) is 0 Å². The SMILES string of the molecule is CCCc1nc(C)c(C(=O)N[C@@H](C(N)=O)[C@H](C)c2ccccc2)s1. The standard InChI is InChI=1S/C18H23N3O2S/c1-4-8-14-20-12(3)16(24-14)18(23)21-15(17(19)22)11(2)13-9-6-5-7-10-13/h5-7,9-11,15H,4,8H2,1-3H3,(H2,19,22)(H,21,23)/t11-,15-/m1/s1. The van der Waals surface area contributed by atoms with Gasteiger partial charge in [-0.2, -0.15) is 0 Å². The first kappa shape index (κ1) is 18.1. The molecular weight excluding hydrogens is 322 g/mol. The first-order chi connectivity index (χ1) is 11.4. The zero-order valence-electron chi connectivity index (χ0n) is 14.2. The average Bonchev–Trinajstić information content (AvgIpc) is 2.93. The summed E-state index contributed by atoms with van der Waals surface area (Å²) in [6, 6.07) is 8.78. The molecule has 2 aromatic rings. The van der Waals surface area contributed by atoms with Crippen LogP contribution in [0.4, 0.5) is 0 Å². The molecule has 0 saturated carbocycles. The molecule has 1 aromatic heterocycles. The van der Waals surface area contributed by atoms with E-state index in [1.54, 1.807) is 0 Å². The Morgan fingerprint density at radius 1 is 1.29 bits per heavy atom. The van der Waals surface area contributed by atoms with Crippen molar-refractivity contribution in [2.75, 3.05) is 0 Å². The topological polar surface area (TPSA) is 85.1 Å². The van der Waals surface area contributed by atoms with Crippen LogP contribution >= 0.6 is 11.3 Å². The van der Waals surface area contributed by atoms with E-state index in [1.807, 2.05) is 44.2 Å². The number of carbonyl (C=O) groups is 2. The van der Waals surface area contributed by atoms with Crippen LogP contribution in [-0.2, 0) is 11.2 Å². The Morgan fingerprint density at radius 3 is 2.54 bits per heavy atom. The van der Waals surface area contributed by atoms with Crippen LogP contribution in [0.3, 0.4) is 0 Å². The molecule has 0 radical (unpaired) electrons. The van der Waals surface area contributed by atoms with Crippen molar-refractivity contribution in [2.24, 2.45) is 5.73 Å². The average molecular weight is 345 g/mol. The van der Waals surface area contributed by atoms with E-state index < -0.39 is 11.9 Å². The molecule has 1 aromatic carbocycles. The van der Waals surface area contributed by atoms with E-state index in [0.29, 0.717) is 10.6 Å². The van der Waals surface area contributed by atoms with Crippen LogP contribution in [0.15, 0.2) is 30.3 Å².